The fourth-order valence-corrected chi connectivity index (χ4v) is 3.32. The molecule has 3 rings (SSSR count). The zero-order valence-corrected chi connectivity index (χ0v) is 14.7. The quantitative estimate of drug-likeness (QED) is 0.634. The number of nitrogen functional groups attached to an aromatic ring is 1. The number of nitrogens with zero attached hydrogens (tertiary/aromatic N) is 1. The normalized spacial score (nSPS) is 13.0. The average molecular weight is 376 g/mol. The molecule has 0 aliphatic carbocycles. The highest BCUT2D eigenvalue weighted by molar-refractivity contribution is 6.39. The first-order chi connectivity index (χ1) is 11.8. The van der Waals surface area contributed by atoms with E-state index in [0.29, 0.717) is 27.8 Å². The van der Waals surface area contributed by atoms with E-state index in [1.54, 1.807) is 24.3 Å². The van der Waals surface area contributed by atoms with E-state index in [9.17, 15) is 9.59 Å². The molecule has 1 heterocycles. The summed E-state index contributed by atoms with van der Waals surface area (Å²) in [5.74, 6) is -0.798. The molecule has 0 atom stereocenters. The fourth-order valence-electron chi connectivity index (χ4n) is 2.84. The van der Waals surface area contributed by atoms with Crippen molar-refractivity contribution in [2.75, 3.05) is 12.3 Å². The number of hydrogen-bond donors (Lipinski definition) is 2. The summed E-state index contributed by atoms with van der Waals surface area (Å²) in [5.41, 5.74) is 14.5. The smallest absolute Gasteiger partial charge is 0.254 e. The zero-order chi connectivity index (χ0) is 18.3. The molecule has 0 spiro atoms. The highest BCUT2D eigenvalue weighted by Crippen LogP contribution is 2.38. The van der Waals surface area contributed by atoms with E-state index in [1.807, 2.05) is 6.07 Å². The molecule has 7 heteroatoms. The van der Waals surface area contributed by atoms with E-state index in [2.05, 4.69) is 6.58 Å². The standard InChI is InChI=1S/C18H15Cl2N3O2/c1-9(17(22)24)7-23-8-13-11(3-2-4-12(13)18(23)25)10-5-14(19)16(21)15(20)6-10/h2-6H,1,7-8,21H2,(H2,22,24). The SMILES string of the molecule is C=C(CN1Cc2c(cccc2-c2cc(Cl)c(N)c(Cl)c2)C1=O)C(N)=O. The van der Waals surface area contributed by atoms with E-state index >= 15 is 0 Å². The molecule has 25 heavy (non-hydrogen) atoms. The lowest BCUT2D eigenvalue weighted by atomic mass is 9.97. The number of benzene rings is 2. The van der Waals surface area contributed by atoms with Crippen molar-refractivity contribution in [3.8, 4) is 11.1 Å². The van der Waals surface area contributed by atoms with Crippen LogP contribution in [-0.4, -0.2) is 23.3 Å². The highest BCUT2D eigenvalue weighted by atomic mass is 35.5. The van der Waals surface area contributed by atoms with Crippen LogP contribution in [0.15, 0.2) is 42.5 Å². The third-order valence-corrected chi connectivity index (χ3v) is 4.79. The van der Waals surface area contributed by atoms with Gasteiger partial charge in [-0.3, -0.25) is 9.59 Å². The van der Waals surface area contributed by atoms with Gasteiger partial charge in [-0.05, 0) is 34.9 Å². The first-order valence-corrected chi connectivity index (χ1v) is 8.18. The second kappa shape index (κ2) is 6.43. The van der Waals surface area contributed by atoms with Crippen molar-refractivity contribution in [2.24, 2.45) is 5.73 Å². The zero-order valence-electron chi connectivity index (χ0n) is 13.2. The number of anilines is 1. The molecule has 0 bridgehead atoms. The first kappa shape index (κ1) is 17.3. The summed E-state index contributed by atoms with van der Waals surface area (Å²) < 4.78 is 0. The minimum Gasteiger partial charge on any atom is -0.396 e. The van der Waals surface area contributed by atoms with Gasteiger partial charge in [0.1, 0.15) is 0 Å². The second-order valence-corrected chi connectivity index (χ2v) is 6.63. The third kappa shape index (κ3) is 3.08. The Morgan fingerprint density at radius 3 is 2.40 bits per heavy atom. The van der Waals surface area contributed by atoms with Gasteiger partial charge in [-0.1, -0.05) is 41.9 Å². The van der Waals surface area contributed by atoms with Crippen LogP contribution in [0.4, 0.5) is 5.69 Å². The van der Waals surface area contributed by atoms with Gasteiger partial charge >= 0.3 is 0 Å². The summed E-state index contributed by atoms with van der Waals surface area (Å²) in [6, 6.07) is 8.85. The minimum atomic E-state index is -0.624. The lowest BCUT2D eigenvalue weighted by molar-refractivity contribution is -0.114. The monoisotopic (exact) mass is 375 g/mol. The maximum absolute atomic E-state index is 12.6. The van der Waals surface area contributed by atoms with Crippen LogP contribution in [0, 0.1) is 0 Å². The Bertz CT molecular complexity index is 902. The molecule has 128 valence electrons. The number of carbonyl (C=O) groups is 2. The van der Waals surface area contributed by atoms with E-state index in [0.717, 1.165) is 16.7 Å². The highest BCUT2D eigenvalue weighted by Gasteiger charge is 2.30. The molecule has 0 saturated carbocycles. The van der Waals surface area contributed by atoms with Crippen LogP contribution < -0.4 is 11.5 Å². The number of hydrogen-bond acceptors (Lipinski definition) is 3. The van der Waals surface area contributed by atoms with Gasteiger partial charge in [-0.15, -0.1) is 0 Å². The van der Waals surface area contributed by atoms with E-state index in [-0.39, 0.29) is 18.0 Å². The van der Waals surface area contributed by atoms with E-state index in [1.165, 1.54) is 4.90 Å². The second-order valence-electron chi connectivity index (χ2n) is 5.81. The molecule has 1 aliphatic heterocycles. The Morgan fingerprint density at radius 2 is 1.80 bits per heavy atom. The summed E-state index contributed by atoms with van der Waals surface area (Å²) in [6.45, 7) is 4.04. The Hall–Kier alpha value is -2.50. The molecule has 5 nitrogen and oxygen atoms in total. The van der Waals surface area contributed by atoms with Crippen molar-refractivity contribution < 1.29 is 9.59 Å². The van der Waals surface area contributed by atoms with Crippen molar-refractivity contribution >= 4 is 40.7 Å². The van der Waals surface area contributed by atoms with Crippen LogP contribution >= 0.6 is 23.2 Å². The molecule has 0 radical (unpaired) electrons. The number of halogens is 2. The van der Waals surface area contributed by atoms with Gasteiger partial charge in [0.15, 0.2) is 0 Å². The number of nitrogens with two attached hydrogens (primary N) is 2. The van der Waals surface area contributed by atoms with Crippen LogP contribution in [0.5, 0.6) is 0 Å². The van der Waals surface area contributed by atoms with Gasteiger partial charge < -0.3 is 16.4 Å². The van der Waals surface area contributed by atoms with Crippen molar-refractivity contribution in [3.63, 3.8) is 0 Å². The molecule has 0 aromatic heterocycles. The van der Waals surface area contributed by atoms with Gasteiger partial charge in [0, 0.05) is 17.7 Å². The molecule has 0 unspecified atom stereocenters. The number of primary amides is 1. The Kier molecular flexibility index (Phi) is 4.45. The first-order valence-electron chi connectivity index (χ1n) is 7.43. The van der Waals surface area contributed by atoms with E-state index < -0.39 is 5.91 Å². The van der Waals surface area contributed by atoms with E-state index in [4.69, 9.17) is 34.7 Å². The molecule has 2 aromatic carbocycles. The van der Waals surface area contributed by atoms with Gasteiger partial charge in [0.2, 0.25) is 5.91 Å². The molecule has 4 N–H and O–H groups in total. The molecular weight excluding hydrogens is 361 g/mol. The minimum absolute atomic E-state index is 0.0888. The summed E-state index contributed by atoms with van der Waals surface area (Å²) in [4.78, 5) is 25.3. The molecule has 1 aliphatic rings. The predicted octanol–water partition coefficient (Wildman–Crippen LogP) is 3.24. The molecular formula is C18H15Cl2N3O2. The van der Waals surface area contributed by atoms with Crippen LogP contribution in [0.3, 0.4) is 0 Å². The topological polar surface area (TPSA) is 89.4 Å². The number of amides is 2. The number of fused-ring (bicyclic) bond motifs is 1. The number of carbonyl (C=O) groups excluding carboxylic acids is 2. The van der Waals surface area contributed by atoms with Crippen molar-refractivity contribution in [2.45, 2.75) is 6.54 Å². The lowest BCUT2D eigenvalue weighted by Gasteiger charge is -2.16. The maximum Gasteiger partial charge on any atom is 0.254 e. The van der Waals surface area contributed by atoms with Gasteiger partial charge in [0.05, 0.1) is 22.3 Å². The molecule has 2 amide bonds. The average Bonchev–Trinajstić information content (AvgIpc) is 2.88. The summed E-state index contributed by atoms with van der Waals surface area (Å²) in [6.07, 6.45) is 0. The fraction of sp³-hybridized carbons (Fsp3) is 0.111. The largest absolute Gasteiger partial charge is 0.396 e. The lowest BCUT2D eigenvalue weighted by Crippen LogP contribution is -2.30. The maximum atomic E-state index is 12.6. The van der Waals surface area contributed by atoms with Gasteiger partial charge in [-0.25, -0.2) is 0 Å². The van der Waals surface area contributed by atoms with Gasteiger partial charge in [0.25, 0.3) is 5.91 Å². The van der Waals surface area contributed by atoms with Crippen LogP contribution in [0.1, 0.15) is 15.9 Å². The Morgan fingerprint density at radius 1 is 1.20 bits per heavy atom. The van der Waals surface area contributed by atoms with Crippen LogP contribution in [0.2, 0.25) is 10.0 Å². The molecule has 0 saturated heterocycles. The Labute approximate surface area is 154 Å². The molecule has 2 aromatic rings. The van der Waals surface area contributed by atoms with Crippen molar-refractivity contribution in [3.05, 3.63) is 63.7 Å². The predicted molar refractivity (Wildman–Crippen MR) is 99.4 cm³/mol. The van der Waals surface area contributed by atoms with Crippen LogP contribution in [0.25, 0.3) is 11.1 Å². The van der Waals surface area contributed by atoms with Crippen LogP contribution in [-0.2, 0) is 11.3 Å². The van der Waals surface area contributed by atoms with Gasteiger partial charge in [-0.2, -0.15) is 0 Å². The Balaban J connectivity index is 2.02. The molecule has 0 fully saturated rings. The number of rotatable bonds is 4. The summed E-state index contributed by atoms with van der Waals surface area (Å²) in [7, 11) is 0. The van der Waals surface area contributed by atoms with Crippen molar-refractivity contribution in [1.82, 2.24) is 4.90 Å². The third-order valence-electron chi connectivity index (χ3n) is 4.16. The summed E-state index contributed by atoms with van der Waals surface area (Å²) in [5, 5.41) is 0.701. The summed E-state index contributed by atoms with van der Waals surface area (Å²) >= 11 is 12.3. The van der Waals surface area contributed by atoms with Crippen molar-refractivity contribution in [1.29, 1.82) is 0 Å².